The van der Waals surface area contributed by atoms with E-state index in [4.69, 9.17) is 23.2 Å². The molecule has 1 aromatic rings. The lowest BCUT2D eigenvalue weighted by atomic mass is 9.98. The van der Waals surface area contributed by atoms with Crippen molar-refractivity contribution in [2.45, 2.75) is 13.3 Å². The van der Waals surface area contributed by atoms with Crippen LogP contribution in [-0.4, -0.2) is 29.7 Å². The van der Waals surface area contributed by atoms with Gasteiger partial charge in [-0.2, -0.15) is 0 Å². The van der Waals surface area contributed by atoms with Crippen molar-refractivity contribution in [2.75, 3.05) is 13.1 Å². The highest BCUT2D eigenvalue weighted by Crippen LogP contribution is 2.22. The third kappa shape index (κ3) is 2.85. The van der Waals surface area contributed by atoms with Crippen LogP contribution in [0, 0.1) is 5.92 Å². The van der Waals surface area contributed by atoms with Gasteiger partial charge in [0, 0.05) is 41.0 Å². The molecule has 0 aliphatic carbocycles. The third-order valence-electron chi connectivity index (χ3n) is 3.07. The molecule has 1 unspecified atom stereocenters. The lowest BCUT2D eigenvalue weighted by molar-refractivity contribution is -0.124. The fourth-order valence-electron chi connectivity index (χ4n) is 2.06. The molecule has 3 nitrogen and oxygen atoms in total. The molecule has 1 aliphatic rings. The van der Waals surface area contributed by atoms with Gasteiger partial charge in [0.1, 0.15) is 5.78 Å². The Kier molecular flexibility index (Phi) is 3.93. The van der Waals surface area contributed by atoms with Crippen LogP contribution in [-0.2, 0) is 4.79 Å². The average molecular weight is 286 g/mol. The van der Waals surface area contributed by atoms with E-state index in [1.807, 2.05) is 6.92 Å². The van der Waals surface area contributed by atoms with Crippen molar-refractivity contribution >= 4 is 34.9 Å². The highest BCUT2D eigenvalue weighted by molar-refractivity contribution is 6.35. The quantitative estimate of drug-likeness (QED) is 0.795. The normalized spacial score (nSPS) is 20.1. The molecule has 0 radical (unpaired) electrons. The molecular weight excluding hydrogens is 273 g/mol. The smallest absolute Gasteiger partial charge is 0.253 e. The molecule has 0 aromatic heterocycles. The molecule has 0 saturated carbocycles. The second-order valence-corrected chi connectivity index (χ2v) is 5.40. The molecular formula is C13H13Cl2NO2. The summed E-state index contributed by atoms with van der Waals surface area (Å²) >= 11 is 11.8. The fraction of sp³-hybridized carbons (Fsp3) is 0.385. The SMILES string of the molecule is CC1CN(C(=O)c2cc(Cl)cc(Cl)c2)CCC1=O. The molecule has 0 spiro atoms. The van der Waals surface area contributed by atoms with E-state index in [1.165, 1.54) is 0 Å². The Morgan fingerprint density at radius 3 is 2.44 bits per heavy atom. The first-order chi connectivity index (χ1) is 8.47. The zero-order valence-corrected chi connectivity index (χ0v) is 11.5. The zero-order chi connectivity index (χ0) is 13.3. The summed E-state index contributed by atoms with van der Waals surface area (Å²) in [6, 6.07) is 4.77. The summed E-state index contributed by atoms with van der Waals surface area (Å²) in [5.74, 6) is -0.0146. The summed E-state index contributed by atoms with van der Waals surface area (Å²) in [5.41, 5.74) is 0.467. The number of rotatable bonds is 1. The van der Waals surface area contributed by atoms with Crippen molar-refractivity contribution in [3.05, 3.63) is 33.8 Å². The van der Waals surface area contributed by atoms with Crippen molar-refractivity contribution in [1.29, 1.82) is 0 Å². The molecule has 0 N–H and O–H groups in total. The van der Waals surface area contributed by atoms with E-state index in [0.29, 0.717) is 35.1 Å². The Labute approximate surface area is 116 Å². The molecule has 5 heteroatoms. The van der Waals surface area contributed by atoms with Gasteiger partial charge in [0.05, 0.1) is 0 Å². The maximum atomic E-state index is 12.3. The van der Waals surface area contributed by atoms with Crippen molar-refractivity contribution in [2.24, 2.45) is 5.92 Å². The largest absolute Gasteiger partial charge is 0.337 e. The number of hydrogen-bond donors (Lipinski definition) is 0. The first-order valence-electron chi connectivity index (χ1n) is 5.75. The van der Waals surface area contributed by atoms with E-state index in [9.17, 15) is 9.59 Å². The number of carbonyl (C=O) groups is 2. The molecule has 1 aromatic carbocycles. The molecule has 2 rings (SSSR count). The minimum Gasteiger partial charge on any atom is -0.337 e. The molecule has 1 atom stereocenters. The van der Waals surface area contributed by atoms with Crippen LogP contribution < -0.4 is 0 Å². The number of benzene rings is 1. The van der Waals surface area contributed by atoms with Crippen LogP contribution in [0.25, 0.3) is 0 Å². The second kappa shape index (κ2) is 5.29. The van der Waals surface area contributed by atoms with Crippen LogP contribution in [0.5, 0.6) is 0 Å². The van der Waals surface area contributed by atoms with Crippen LogP contribution in [0.15, 0.2) is 18.2 Å². The summed E-state index contributed by atoms with van der Waals surface area (Å²) < 4.78 is 0. The summed E-state index contributed by atoms with van der Waals surface area (Å²) in [7, 11) is 0. The van der Waals surface area contributed by atoms with Crippen molar-refractivity contribution in [3.63, 3.8) is 0 Å². The summed E-state index contributed by atoms with van der Waals surface area (Å²) in [5, 5.41) is 0.874. The first-order valence-corrected chi connectivity index (χ1v) is 6.51. The van der Waals surface area contributed by atoms with E-state index in [-0.39, 0.29) is 17.6 Å². The molecule has 96 valence electrons. The highest BCUT2D eigenvalue weighted by Gasteiger charge is 2.27. The first kappa shape index (κ1) is 13.4. The molecule has 1 aliphatic heterocycles. The molecule has 18 heavy (non-hydrogen) atoms. The van der Waals surface area contributed by atoms with Crippen molar-refractivity contribution in [1.82, 2.24) is 4.90 Å². The Morgan fingerprint density at radius 2 is 1.89 bits per heavy atom. The predicted molar refractivity (Wildman–Crippen MR) is 71.2 cm³/mol. The molecule has 0 bridgehead atoms. The Hall–Kier alpha value is -1.06. The minimum atomic E-state index is -0.126. The highest BCUT2D eigenvalue weighted by atomic mass is 35.5. The van der Waals surface area contributed by atoms with Crippen LogP contribution in [0.2, 0.25) is 10.0 Å². The summed E-state index contributed by atoms with van der Waals surface area (Å²) in [6.07, 6.45) is 0.418. The maximum absolute atomic E-state index is 12.3. The van der Waals surface area contributed by atoms with Gasteiger partial charge in [0.15, 0.2) is 0 Å². The number of Topliss-reactive ketones (excluding diaryl/α,β-unsaturated/α-hetero) is 1. The predicted octanol–water partition coefficient (Wildman–Crippen LogP) is 3.04. The van der Waals surface area contributed by atoms with Gasteiger partial charge in [-0.3, -0.25) is 9.59 Å². The Balaban J connectivity index is 2.18. The molecule has 1 heterocycles. The number of nitrogens with zero attached hydrogens (tertiary/aromatic N) is 1. The second-order valence-electron chi connectivity index (χ2n) is 4.53. The van der Waals surface area contributed by atoms with Gasteiger partial charge in [0.25, 0.3) is 5.91 Å². The number of carbonyl (C=O) groups excluding carboxylic acids is 2. The van der Waals surface area contributed by atoms with Gasteiger partial charge in [-0.25, -0.2) is 0 Å². The van der Waals surface area contributed by atoms with E-state index in [0.717, 1.165) is 0 Å². The van der Waals surface area contributed by atoms with Gasteiger partial charge >= 0.3 is 0 Å². The van der Waals surface area contributed by atoms with E-state index < -0.39 is 0 Å². The van der Waals surface area contributed by atoms with E-state index in [1.54, 1.807) is 23.1 Å². The third-order valence-corrected chi connectivity index (χ3v) is 3.51. The van der Waals surface area contributed by atoms with Gasteiger partial charge in [-0.1, -0.05) is 30.1 Å². The minimum absolute atomic E-state index is 0.0997. The molecule has 1 fully saturated rings. The van der Waals surface area contributed by atoms with E-state index in [2.05, 4.69) is 0 Å². The van der Waals surface area contributed by atoms with Gasteiger partial charge < -0.3 is 4.90 Å². The standard InChI is InChI=1S/C13H13Cl2NO2/c1-8-7-16(3-2-12(8)17)13(18)9-4-10(14)6-11(15)5-9/h4-6,8H,2-3,7H2,1H3. The zero-order valence-electron chi connectivity index (χ0n) is 9.95. The van der Waals surface area contributed by atoms with Gasteiger partial charge in [-0.05, 0) is 18.2 Å². The average Bonchev–Trinajstić information content (AvgIpc) is 2.30. The lowest BCUT2D eigenvalue weighted by Gasteiger charge is -2.30. The number of amides is 1. The van der Waals surface area contributed by atoms with E-state index >= 15 is 0 Å². The topological polar surface area (TPSA) is 37.4 Å². The van der Waals surface area contributed by atoms with Crippen LogP contribution in [0.1, 0.15) is 23.7 Å². The number of hydrogen-bond acceptors (Lipinski definition) is 2. The number of ketones is 1. The monoisotopic (exact) mass is 285 g/mol. The Bertz CT molecular complexity index is 482. The van der Waals surface area contributed by atoms with Crippen LogP contribution in [0.3, 0.4) is 0 Å². The van der Waals surface area contributed by atoms with Crippen molar-refractivity contribution in [3.8, 4) is 0 Å². The van der Waals surface area contributed by atoms with Crippen LogP contribution >= 0.6 is 23.2 Å². The van der Waals surface area contributed by atoms with Crippen molar-refractivity contribution < 1.29 is 9.59 Å². The Morgan fingerprint density at radius 1 is 1.28 bits per heavy atom. The van der Waals surface area contributed by atoms with Crippen LogP contribution in [0.4, 0.5) is 0 Å². The molecule has 1 saturated heterocycles. The lowest BCUT2D eigenvalue weighted by Crippen LogP contribution is -2.43. The maximum Gasteiger partial charge on any atom is 0.253 e. The van der Waals surface area contributed by atoms with Gasteiger partial charge in [-0.15, -0.1) is 0 Å². The van der Waals surface area contributed by atoms with Gasteiger partial charge in [0.2, 0.25) is 0 Å². The molecule has 1 amide bonds. The number of likely N-dealkylation sites (tertiary alicyclic amines) is 1. The summed E-state index contributed by atoms with van der Waals surface area (Å²) in [4.78, 5) is 25.4. The number of piperidine rings is 1. The fourth-order valence-corrected chi connectivity index (χ4v) is 2.59. The number of halogens is 2. The summed E-state index contributed by atoms with van der Waals surface area (Å²) in [6.45, 7) is 2.76.